The highest BCUT2D eigenvalue weighted by molar-refractivity contribution is 5.83. The summed E-state index contributed by atoms with van der Waals surface area (Å²) in [5.74, 6) is 0.0437. The molecule has 1 heterocycles. The number of aryl methyl sites for hydroxylation is 1. The number of carbonyl (C=O) groups is 1. The Balaban J connectivity index is 1.86. The van der Waals surface area contributed by atoms with Gasteiger partial charge in [0.2, 0.25) is 5.91 Å². The summed E-state index contributed by atoms with van der Waals surface area (Å²) in [6, 6.07) is 4.76. The summed E-state index contributed by atoms with van der Waals surface area (Å²) in [6.45, 7) is 1.76. The molecule has 2 rings (SSSR count). The molecule has 0 aliphatic carbocycles. The molecule has 1 aromatic heterocycles. The number of phenolic OH excluding ortho intramolecular Hbond substituents is 1. The lowest BCUT2D eigenvalue weighted by Crippen LogP contribution is -2.19. The molecular weight excluding hydrogens is 300 g/mol. The number of amides is 1. The molecule has 2 aromatic rings. The number of nitrogens with zero attached hydrogens (tertiary/aromatic N) is 1. The summed E-state index contributed by atoms with van der Waals surface area (Å²) in [5, 5.41) is 18.6. The number of hydrogen-bond acceptors (Lipinski definition) is 5. The van der Waals surface area contributed by atoms with Crippen LogP contribution in [0.4, 0.5) is 0 Å². The number of benzene rings is 1. The predicted octanol–water partition coefficient (Wildman–Crippen LogP) is 0.809. The summed E-state index contributed by atoms with van der Waals surface area (Å²) in [4.78, 5) is 23.2. The first kappa shape index (κ1) is 16.3. The van der Waals surface area contributed by atoms with E-state index in [2.05, 4.69) is 20.7 Å². The molecule has 0 fully saturated rings. The lowest BCUT2D eigenvalue weighted by molar-refractivity contribution is -0.121. The largest absolute Gasteiger partial charge is 0.504 e. The van der Waals surface area contributed by atoms with Crippen LogP contribution in [0.1, 0.15) is 23.2 Å². The van der Waals surface area contributed by atoms with Gasteiger partial charge < -0.3 is 14.9 Å². The fraction of sp³-hybridized carbons (Fsp3) is 0.267. The van der Waals surface area contributed by atoms with E-state index in [0.29, 0.717) is 23.3 Å². The topological polar surface area (TPSA) is 120 Å². The minimum Gasteiger partial charge on any atom is -0.504 e. The minimum atomic E-state index is -0.306. The molecule has 0 saturated heterocycles. The van der Waals surface area contributed by atoms with Gasteiger partial charge in [0.25, 0.3) is 5.56 Å². The van der Waals surface area contributed by atoms with Crippen molar-refractivity contribution in [2.24, 2.45) is 5.10 Å². The zero-order valence-electron chi connectivity index (χ0n) is 12.8. The van der Waals surface area contributed by atoms with Crippen molar-refractivity contribution in [2.45, 2.75) is 19.8 Å². The third-order valence-electron chi connectivity index (χ3n) is 3.30. The van der Waals surface area contributed by atoms with E-state index in [4.69, 9.17) is 4.74 Å². The van der Waals surface area contributed by atoms with Gasteiger partial charge in [-0.2, -0.15) is 5.10 Å². The van der Waals surface area contributed by atoms with Gasteiger partial charge in [0.1, 0.15) is 0 Å². The Labute approximate surface area is 132 Å². The van der Waals surface area contributed by atoms with Gasteiger partial charge in [-0.05, 0) is 37.1 Å². The van der Waals surface area contributed by atoms with Crippen molar-refractivity contribution in [3.63, 3.8) is 0 Å². The number of methoxy groups -OCH3 is 1. The first-order valence-electron chi connectivity index (χ1n) is 6.96. The van der Waals surface area contributed by atoms with E-state index in [-0.39, 0.29) is 23.6 Å². The Hall–Kier alpha value is -3.03. The first-order valence-corrected chi connectivity index (χ1v) is 6.96. The molecule has 0 atom stereocenters. The van der Waals surface area contributed by atoms with Crippen molar-refractivity contribution in [3.05, 3.63) is 45.4 Å². The van der Waals surface area contributed by atoms with E-state index < -0.39 is 0 Å². The quantitative estimate of drug-likeness (QED) is 0.465. The van der Waals surface area contributed by atoms with Crippen LogP contribution in [-0.4, -0.2) is 34.5 Å². The molecule has 0 aliphatic rings. The average molecular weight is 318 g/mol. The maximum absolute atomic E-state index is 11.7. The standard InChI is InChI=1S/C15H18N4O4/c1-9-11(15(22)19-17-9)4-6-14(21)18-16-8-10-3-5-13(23-2)12(20)7-10/h3,5,7-8,20H,4,6H2,1-2H3,(H,18,21)(H2,17,19,22)/b16-8+. The van der Waals surface area contributed by atoms with Crippen LogP contribution in [0, 0.1) is 6.92 Å². The number of hydrogen-bond donors (Lipinski definition) is 4. The van der Waals surface area contributed by atoms with E-state index in [0.717, 1.165) is 5.69 Å². The Morgan fingerprint density at radius 3 is 2.83 bits per heavy atom. The number of hydrazone groups is 1. The van der Waals surface area contributed by atoms with E-state index in [9.17, 15) is 14.7 Å². The van der Waals surface area contributed by atoms with Gasteiger partial charge in [-0.25, -0.2) is 5.43 Å². The highest BCUT2D eigenvalue weighted by atomic mass is 16.5. The number of aromatic nitrogens is 2. The second kappa shape index (κ2) is 7.30. The Morgan fingerprint density at radius 1 is 1.43 bits per heavy atom. The maximum atomic E-state index is 11.7. The van der Waals surface area contributed by atoms with Crippen LogP contribution in [0.15, 0.2) is 28.1 Å². The van der Waals surface area contributed by atoms with Crippen LogP contribution >= 0.6 is 0 Å². The Bertz CT molecular complexity index is 776. The molecule has 4 N–H and O–H groups in total. The molecule has 0 aliphatic heterocycles. The maximum Gasteiger partial charge on any atom is 0.267 e. The zero-order valence-corrected chi connectivity index (χ0v) is 12.8. The molecule has 0 radical (unpaired) electrons. The molecule has 8 heteroatoms. The molecule has 0 unspecified atom stereocenters. The summed E-state index contributed by atoms with van der Waals surface area (Å²) < 4.78 is 4.93. The molecule has 122 valence electrons. The third-order valence-corrected chi connectivity index (χ3v) is 3.30. The van der Waals surface area contributed by atoms with E-state index in [1.165, 1.54) is 19.4 Å². The van der Waals surface area contributed by atoms with Crippen LogP contribution in [0.25, 0.3) is 0 Å². The first-order chi connectivity index (χ1) is 11.0. The second-order valence-electron chi connectivity index (χ2n) is 4.91. The van der Waals surface area contributed by atoms with Crippen LogP contribution in [0.3, 0.4) is 0 Å². The molecule has 0 spiro atoms. The van der Waals surface area contributed by atoms with Crippen molar-refractivity contribution in [1.82, 2.24) is 15.6 Å². The number of H-pyrrole nitrogens is 2. The van der Waals surface area contributed by atoms with Gasteiger partial charge in [0.05, 0.1) is 13.3 Å². The normalized spacial score (nSPS) is 10.9. The summed E-state index contributed by atoms with van der Waals surface area (Å²) >= 11 is 0. The molecule has 8 nitrogen and oxygen atoms in total. The Morgan fingerprint density at radius 2 is 2.22 bits per heavy atom. The van der Waals surface area contributed by atoms with Crippen molar-refractivity contribution >= 4 is 12.1 Å². The van der Waals surface area contributed by atoms with Gasteiger partial charge in [0, 0.05) is 17.7 Å². The third kappa shape index (κ3) is 4.22. The number of aromatic hydroxyl groups is 1. The molecule has 0 bridgehead atoms. The van der Waals surface area contributed by atoms with Gasteiger partial charge in [0.15, 0.2) is 11.5 Å². The molecule has 1 aromatic carbocycles. The average Bonchev–Trinajstić information content (AvgIpc) is 2.84. The highest BCUT2D eigenvalue weighted by Crippen LogP contribution is 2.25. The van der Waals surface area contributed by atoms with E-state index in [1.54, 1.807) is 19.1 Å². The van der Waals surface area contributed by atoms with Crippen LogP contribution in [-0.2, 0) is 11.2 Å². The smallest absolute Gasteiger partial charge is 0.267 e. The fourth-order valence-corrected chi connectivity index (χ4v) is 2.03. The van der Waals surface area contributed by atoms with Crippen LogP contribution in [0.2, 0.25) is 0 Å². The lowest BCUT2D eigenvalue weighted by atomic mass is 10.1. The summed E-state index contributed by atoms with van der Waals surface area (Å²) in [6.07, 6.45) is 1.88. The fourth-order valence-electron chi connectivity index (χ4n) is 2.03. The molecule has 1 amide bonds. The Kier molecular flexibility index (Phi) is 5.19. The van der Waals surface area contributed by atoms with Gasteiger partial charge >= 0.3 is 0 Å². The molecule has 0 saturated carbocycles. The highest BCUT2D eigenvalue weighted by Gasteiger charge is 2.08. The molecule has 23 heavy (non-hydrogen) atoms. The van der Waals surface area contributed by atoms with Gasteiger partial charge in [-0.1, -0.05) is 0 Å². The second-order valence-corrected chi connectivity index (χ2v) is 4.91. The lowest BCUT2D eigenvalue weighted by Gasteiger charge is -2.03. The van der Waals surface area contributed by atoms with Crippen molar-refractivity contribution < 1.29 is 14.6 Å². The van der Waals surface area contributed by atoms with E-state index in [1.807, 2.05) is 0 Å². The van der Waals surface area contributed by atoms with Crippen LogP contribution in [0.5, 0.6) is 11.5 Å². The number of phenols is 1. The molecular formula is C15H18N4O4. The predicted molar refractivity (Wildman–Crippen MR) is 84.9 cm³/mol. The van der Waals surface area contributed by atoms with Crippen molar-refractivity contribution in [1.29, 1.82) is 0 Å². The van der Waals surface area contributed by atoms with Crippen molar-refractivity contribution in [2.75, 3.05) is 7.11 Å². The summed E-state index contributed by atoms with van der Waals surface area (Å²) in [7, 11) is 1.46. The number of rotatable bonds is 6. The zero-order chi connectivity index (χ0) is 16.8. The van der Waals surface area contributed by atoms with Crippen LogP contribution < -0.4 is 15.7 Å². The van der Waals surface area contributed by atoms with Crippen molar-refractivity contribution in [3.8, 4) is 11.5 Å². The van der Waals surface area contributed by atoms with E-state index >= 15 is 0 Å². The number of ether oxygens (including phenoxy) is 1. The SMILES string of the molecule is COc1ccc(/C=N/NC(=O)CCc2c(C)[nH][nH]c2=O)cc1O. The van der Waals surface area contributed by atoms with Gasteiger partial charge in [-0.15, -0.1) is 0 Å². The number of aromatic amines is 2. The minimum absolute atomic E-state index is 0.00932. The summed E-state index contributed by atoms with van der Waals surface area (Å²) in [5.41, 5.74) is 4.05. The monoisotopic (exact) mass is 318 g/mol. The van der Waals surface area contributed by atoms with Gasteiger partial charge in [-0.3, -0.25) is 14.7 Å². The number of nitrogens with one attached hydrogen (secondary N) is 3. The number of carbonyl (C=O) groups excluding carboxylic acids is 1.